The third kappa shape index (κ3) is 5.19. The van der Waals surface area contributed by atoms with Crippen molar-refractivity contribution in [3.8, 4) is 0 Å². The Bertz CT molecular complexity index is 737. The molecule has 1 aromatic carbocycles. The summed E-state index contributed by atoms with van der Waals surface area (Å²) >= 11 is 0. The van der Waals surface area contributed by atoms with Gasteiger partial charge in [0.25, 0.3) is 0 Å². The molecule has 0 aromatic heterocycles. The Morgan fingerprint density at radius 3 is 2.37 bits per heavy atom. The van der Waals surface area contributed by atoms with E-state index in [1.807, 2.05) is 4.90 Å². The van der Waals surface area contributed by atoms with Crippen LogP contribution in [0.3, 0.4) is 0 Å². The highest BCUT2D eigenvalue weighted by molar-refractivity contribution is 7.89. The molecule has 0 bridgehead atoms. The molecule has 1 aliphatic carbocycles. The molecule has 3 N–H and O–H groups in total. The number of nitrogens with two attached hydrogens (primary N) is 1. The van der Waals surface area contributed by atoms with Crippen molar-refractivity contribution >= 4 is 28.3 Å². The highest BCUT2D eigenvalue weighted by atomic mass is 35.5. The topological polar surface area (TPSA) is 92.5 Å². The summed E-state index contributed by atoms with van der Waals surface area (Å²) in [5.74, 6) is -0.0130. The third-order valence-electron chi connectivity index (χ3n) is 5.53. The average Bonchev–Trinajstić information content (AvgIpc) is 3.10. The maximum absolute atomic E-state index is 13.0. The van der Waals surface area contributed by atoms with Gasteiger partial charge in [-0.1, -0.05) is 6.42 Å². The lowest BCUT2D eigenvalue weighted by molar-refractivity contribution is -0.137. The van der Waals surface area contributed by atoms with Gasteiger partial charge in [-0.15, -0.1) is 12.4 Å². The van der Waals surface area contributed by atoms with Crippen molar-refractivity contribution in [3.63, 3.8) is 0 Å². The Kier molecular flexibility index (Phi) is 7.62. The second-order valence-electron chi connectivity index (χ2n) is 7.21. The lowest BCUT2D eigenvalue weighted by atomic mass is 9.93. The molecule has 2 fully saturated rings. The van der Waals surface area contributed by atoms with Crippen LogP contribution in [-0.4, -0.2) is 44.9 Å². The Hall–Kier alpha value is -1.22. The Morgan fingerprint density at radius 2 is 1.78 bits per heavy atom. The summed E-state index contributed by atoms with van der Waals surface area (Å²) in [6.07, 6.45) is 4.11. The second kappa shape index (κ2) is 9.32. The number of sulfonamides is 1. The smallest absolute Gasteiger partial charge is 0.240 e. The van der Waals surface area contributed by atoms with E-state index in [1.165, 1.54) is 12.1 Å². The molecule has 3 rings (SSSR count). The van der Waals surface area contributed by atoms with Crippen LogP contribution < -0.4 is 10.5 Å². The molecule has 0 radical (unpaired) electrons. The number of nitrogens with one attached hydrogen (secondary N) is 1. The maximum Gasteiger partial charge on any atom is 0.240 e. The summed E-state index contributed by atoms with van der Waals surface area (Å²) in [6.45, 7) is 1.64. The average molecular weight is 420 g/mol. The largest absolute Gasteiger partial charge is 0.342 e. The summed E-state index contributed by atoms with van der Waals surface area (Å²) < 4.78 is 40.4. The van der Waals surface area contributed by atoms with E-state index in [0.717, 1.165) is 31.4 Å². The first-order chi connectivity index (χ1) is 12.4. The fourth-order valence-electron chi connectivity index (χ4n) is 4.00. The minimum atomic E-state index is -3.68. The zero-order valence-electron chi connectivity index (χ0n) is 15.1. The molecule has 1 aromatic rings. The van der Waals surface area contributed by atoms with Gasteiger partial charge in [-0.2, -0.15) is 0 Å². The van der Waals surface area contributed by atoms with E-state index < -0.39 is 15.8 Å². The van der Waals surface area contributed by atoms with Crippen LogP contribution in [0.15, 0.2) is 29.2 Å². The second-order valence-corrected chi connectivity index (χ2v) is 8.92. The number of benzene rings is 1. The number of hydrogen-bond acceptors (Lipinski definition) is 4. The molecule has 0 spiro atoms. The molecule has 9 heteroatoms. The molecule has 1 saturated heterocycles. The first kappa shape index (κ1) is 22.1. The molecule has 152 valence electrons. The lowest BCUT2D eigenvalue weighted by Crippen LogP contribution is -2.48. The van der Waals surface area contributed by atoms with Gasteiger partial charge in [-0.05, 0) is 62.4 Å². The van der Waals surface area contributed by atoms with Gasteiger partial charge in [0.1, 0.15) is 5.82 Å². The van der Waals surface area contributed by atoms with Gasteiger partial charge < -0.3 is 10.6 Å². The van der Waals surface area contributed by atoms with Crippen molar-refractivity contribution in [2.45, 2.75) is 43.0 Å². The van der Waals surface area contributed by atoms with Crippen molar-refractivity contribution in [3.05, 3.63) is 30.1 Å². The van der Waals surface area contributed by atoms with Crippen LogP contribution >= 0.6 is 12.4 Å². The van der Waals surface area contributed by atoms with Crippen molar-refractivity contribution in [1.82, 2.24) is 9.62 Å². The van der Waals surface area contributed by atoms with Crippen LogP contribution in [0.4, 0.5) is 4.39 Å². The van der Waals surface area contributed by atoms with E-state index in [2.05, 4.69) is 4.72 Å². The van der Waals surface area contributed by atoms with Crippen LogP contribution in [0.5, 0.6) is 0 Å². The maximum atomic E-state index is 13.0. The van der Waals surface area contributed by atoms with Crippen LogP contribution in [0.2, 0.25) is 0 Å². The molecule has 27 heavy (non-hydrogen) atoms. The highest BCUT2D eigenvalue weighted by Gasteiger charge is 2.36. The van der Waals surface area contributed by atoms with E-state index >= 15 is 0 Å². The van der Waals surface area contributed by atoms with Gasteiger partial charge in [-0.25, -0.2) is 17.5 Å². The minimum Gasteiger partial charge on any atom is -0.342 e. The summed E-state index contributed by atoms with van der Waals surface area (Å²) in [4.78, 5) is 14.6. The van der Waals surface area contributed by atoms with E-state index in [-0.39, 0.29) is 41.1 Å². The number of nitrogens with zero attached hydrogens (tertiary/aromatic N) is 1. The number of carbonyl (C=O) groups is 1. The molecular weight excluding hydrogens is 393 g/mol. The number of carbonyl (C=O) groups excluding carboxylic acids is 1. The normalized spacial score (nSPS) is 23.9. The number of hydrogen-bond donors (Lipinski definition) is 2. The summed E-state index contributed by atoms with van der Waals surface area (Å²) in [6, 6.07) is 4.55. The first-order valence-electron chi connectivity index (χ1n) is 9.17. The molecule has 1 aliphatic heterocycles. The number of rotatable bonds is 5. The molecule has 2 aliphatic rings. The summed E-state index contributed by atoms with van der Waals surface area (Å²) in [5, 5.41) is 0. The van der Waals surface area contributed by atoms with Gasteiger partial charge in [0.2, 0.25) is 15.9 Å². The van der Waals surface area contributed by atoms with Crippen molar-refractivity contribution in [2.24, 2.45) is 17.6 Å². The summed E-state index contributed by atoms with van der Waals surface area (Å²) in [7, 11) is -3.68. The quantitative estimate of drug-likeness (QED) is 0.762. The first-order valence-corrected chi connectivity index (χ1v) is 10.7. The Labute approximate surface area is 166 Å². The number of piperidine rings is 1. The third-order valence-corrected chi connectivity index (χ3v) is 7.07. The van der Waals surface area contributed by atoms with Gasteiger partial charge in [0.15, 0.2) is 0 Å². The summed E-state index contributed by atoms with van der Waals surface area (Å²) in [5.41, 5.74) is 5.78. The van der Waals surface area contributed by atoms with Crippen LogP contribution in [0.1, 0.15) is 32.1 Å². The van der Waals surface area contributed by atoms with Gasteiger partial charge >= 0.3 is 0 Å². The van der Waals surface area contributed by atoms with Gasteiger partial charge in [-0.3, -0.25) is 4.79 Å². The SMILES string of the molecule is Cl.NC[C@H]1CCC[C@H]1C(=O)N1CCC(NS(=O)(=O)c2ccc(F)cc2)CC1. The molecule has 6 nitrogen and oxygen atoms in total. The Morgan fingerprint density at radius 1 is 1.15 bits per heavy atom. The van der Waals surface area contributed by atoms with E-state index in [4.69, 9.17) is 5.73 Å². The standard InChI is InChI=1S/C18H26FN3O3S.ClH/c19-14-4-6-16(7-5-14)26(24,25)21-15-8-10-22(11-9-15)18(23)17-3-1-2-13(17)12-20;/h4-7,13,15,17,21H,1-3,8-12,20H2;1H/t13-,17-;/m1./s1. The molecule has 1 saturated carbocycles. The van der Waals surface area contributed by atoms with Crippen LogP contribution in [-0.2, 0) is 14.8 Å². The minimum absolute atomic E-state index is 0. The van der Waals surface area contributed by atoms with E-state index in [9.17, 15) is 17.6 Å². The predicted octanol–water partition coefficient (Wildman–Crippen LogP) is 1.89. The van der Waals surface area contributed by atoms with E-state index in [1.54, 1.807) is 0 Å². The van der Waals surface area contributed by atoms with Crippen molar-refractivity contribution < 1.29 is 17.6 Å². The lowest BCUT2D eigenvalue weighted by Gasteiger charge is -2.34. The van der Waals surface area contributed by atoms with Crippen molar-refractivity contribution in [1.29, 1.82) is 0 Å². The van der Waals surface area contributed by atoms with Gasteiger partial charge in [0, 0.05) is 25.0 Å². The van der Waals surface area contributed by atoms with Crippen LogP contribution in [0, 0.1) is 17.7 Å². The zero-order valence-corrected chi connectivity index (χ0v) is 16.8. The van der Waals surface area contributed by atoms with Crippen LogP contribution in [0.25, 0.3) is 0 Å². The number of amides is 1. The van der Waals surface area contributed by atoms with E-state index in [0.29, 0.717) is 32.5 Å². The van der Waals surface area contributed by atoms with Gasteiger partial charge in [0.05, 0.1) is 4.90 Å². The fourth-order valence-corrected chi connectivity index (χ4v) is 5.30. The predicted molar refractivity (Wildman–Crippen MR) is 103 cm³/mol. The zero-order chi connectivity index (χ0) is 18.7. The van der Waals surface area contributed by atoms with Crippen molar-refractivity contribution in [2.75, 3.05) is 19.6 Å². The molecular formula is C18H27ClFN3O3S. The molecule has 0 unspecified atom stereocenters. The molecule has 1 amide bonds. The number of halogens is 2. The Balaban J connectivity index is 0.00000261. The number of likely N-dealkylation sites (tertiary alicyclic amines) is 1. The fraction of sp³-hybridized carbons (Fsp3) is 0.611. The highest BCUT2D eigenvalue weighted by Crippen LogP contribution is 2.33. The molecule has 2 atom stereocenters. The molecule has 1 heterocycles. The monoisotopic (exact) mass is 419 g/mol.